The van der Waals surface area contributed by atoms with Crippen molar-refractivity contribution in [3.05, 3.63) is 200 Å². The van der Waals surface area contributed by atoms with Gasteiger partial charge in [-0.2, -0.15) is 0 Å². The molecule has 2 aromatic heterocycles. The fraction of sp³-hybridized carbons (Fsp3) is 0. The van der Waals surface area contributed by atoms with Gasteiger partial charge in [0.15, 0.2) is 5.58 Å². The fourth-order valence-electron chi connectivity index (χ4n) is 8.33. The molecule has 0 unspecified atom stereocenters. The first-order valence-electron chi connectivity index (χ1n) is 18.6. The molecule has 0 aliphatic carbocycles. The zero-order chi connectivity index (χ0) is 36.3. The summed E-state index contributed by atoms with van der Waals surface area (Å²) >= 11 is 0. The molecule has 11 rings (SSSR count). The Morgan fingerprint density at radius 3 is 1.91 bits per heavy atom. The van der Waals surface area contributed by atoms with E-state index in [2.05, 4.69) is 204 Å². The predicted octanol–water partition coefficient (Wildman–Crippen LogP) is 14.0. The van der Waals surface area contributed by atoms with Crippen LogP contribution < -0.4 is 4.90 Å². The third-order valence-electron chi connectivity index (χ3n) is 10.8. The molecule has 11 aromatic rings. The van der Waals surface area contributed by atoms with Gasteiger partial charge in [-0.05, 0) is 81.9 Å². The minimum atomic E-state index is 0.600. The summed E-state index contributed by atoms with van der Waals surface area (Å²) in [5.41, 5.74) is 11.2. The number of para-hydroxylation sites is 3. The highest BCUT2D eigenvalue weighted by atomic mass is 16.3. The Labute approximate surface area is 317 Å². The molecule has 0 N–H and O–H groups in total. The summed E-state index contributed by atoms with van der Waals surface area (Å²) in [6, 6.07) is 70.9. The van der Waals surface area contributed by atoms with E-state index < -0.39 is 0 Å². The molecule has 0 spiro atoms. The van der Waals surface area contributed by atoms with Crippen LogP contribution in [0.15, 0.2) is 205 Å². The Kier molecular flexibility index (Phi) is 7.14. The van der Waals surface area contributed by atoms with E-state index in [0.29, 0.717) is 5.89 Å². The van der Waals surface area contributed by atoms with Crippen LogP contribution in [-0.4, -0.2) is 9.55 Å². The first kappa shape index (κ1) is 31.1. The Morgan fingerprint density at radius 1 is 0.455 bits per heavy atom. The molecule has 9 aromatic carbocycles. The molecule has 55 heavy (non-hydrogen) atoms. The summed E-state index contributed by atoms with van der Waals surface area (Å²) in [6.45, 7) is 0. The van der Waals surface area contributed by atoms with Crippen molar-refractivity contribution in [2.45, 2.75) is 0 Å². The van der Waals surface area contributed by atoms with E-state index in [1.807, 2.05) is 6.07 Å². The Hall–Kier alpha value is -7.43. The van der Waals surface area contributed by atoms with Crippen LogP contribution in [-0.2, 0) is 0 Å². The Morgan fingerprint density at radius 2 is 1.09 bits per heavy atom. The van der Waals surface area contributed by atoms with E-state index in [4.69, 9.17) is 9.40 Å². The molecule has 0 amide bonds. The highest BCUT2D eigenvalue weighted by Crippen LogP contribution is 2.47. The van der Waals surface area contributed by atoms with Crippen LogP contribution in [0.25, 0.3) is 82.7 Å². The minimum absolute atomic E-state index is 0.600. The van der Waals surface area contributed by atoms with Crippen molar-refractivity contribution >= 4 is 71.5 Å². The quantitative estimate of drug-likeness (QED) is 0.173. The molecule has 4 heteroatoms. The number of rotatable bonds is 6. The number of anilines is 3. The van der Waals surface area contributed by atoms with Crippen molar-refractivity contribution in [2.24, 2.45) is 0 Å². The third kappa shape index (κ3) is 5.03. The Bertz CT molecular complexity index is 3190. The van der Waals surface area contributed by atoms with Crippen molar-refractivity contribution in [3.8, 4) is 28.3 Å². The van der Waals surface area contributed by atoms with Gasteiger partial charge in [-0.25, -0.2) is 4.98 Å². The lowest BCUT2D eigenvalue weighted by Crippen LogP contribution is -2.11. The number of nitrogens with zero attached hydrogens (tertiary/aromatic N) is 3. The lowest BCUT2D eigenvalue weighted by Gasteiger charge is -2.27. The highest BCUT2D eigenvalue weighted by molar-refractivity contribution is 6.25. The molecule has 2 heterocycles. The van der Waals surface area contributed by atoms with Crippen LogP contribution in [0.3, 0.4) is 0 Å². The number of hydrogen-bond acceptors (Lipinski definition) is 3. The van der Waals surface area contributed by atoms with Gasteiger partial charge in [0.25, 0.3) is 0 Å². The number of oxazole rings is 1. The van der Waals surface area contributed by atoms with Gasteiger partial charge in [-0.15, -0.1) is 0 Å². The standard InChI is InChI=1S/C51H33N3O/c1-3-15-34(16-4-1)35-29-31-38(32-30-35)54(46-28-14-26-44-50(46)55-51(52-44)42-25-13-18-36-17-7-8-21-39(36)42)47-33-48-49(41-23-10-9-22-40(41)47)43-24-11-12-27-45(43)53(48)37-19-5-2-6-20-37/h1-33H. The van der Waals surface area contributed by atoms with Gasteiger partial charge in [-0.3, -0.25) is 0 Å². The van der Waals surface area contributed by atoms with Gasteiger partial charge in [0.05, 0.1) is 22.4 Å². The Balaban J connectivity index is 1.21. The van der Waals surface area contributed by atoms with Crippen LogP contribution in [0.4, 0.5) is 17.1 Å². The topological polar surface area (TPSA) is 34.2 Å². The van der Waals surface area contributed by atoms with Gasteiger partial charge in [0.1, 0.15) is 5.52 Å². The molecule has 0 aliphatic heterocycles. The zero-order valence-corrected chi connectivity index (χ0v) is 29.8. The SMILES string of the molecule is c1ccc(-c2ccc(N(c3cc4c(c5ccccc35)c3ccccc3n4-c3ccccc3)c3cccc4nc(-c5cccc6ccccc56)oc34)cc2)cc1. The van der Waals surface area contributed by atoms with Gasteiger partial charge in [0.2, 0.25) is 5.89 Å². The van der Waals surface area contributed by atoms with Crippen molar-refractivity contribution in [1.82, 2.24) is 9.55 Å². The summed E-state index contributed by atoms with van der Waals surface area (Å²) in [7, 11) is 0. The molecule has 0 radical (unpaired) electrons. The van der Waals surface area contributed by atoms with Gasteiger partial charge < -0.3 is 13.9 Å². The maximum Gasteiger partial charge on any atom is 0.228 e. The smallest absolute Gasteiger partial charge is 0.228 e. The molecule has 258 valence electrons. The number of fused-ring (bicyclic) bond motifs is 7. The number of aromatic nitrogens is 2. The van der Waals surface area contributed by atoms with Crippen molar-refractivity contribution in [2.75, 3.05) is 4.90 Å². The lowest BCUT2D eigenvalue weighted by atomic mass is 10.00. The summed E-state index contributed by atoms with van der Waals surface area (Å²) in [5.74, 6) is 0.600. The van der Waals surface area contributed by atoms with E-state index in [1.54, 1.807) is 0 Å². The zero-order valence-electron chi connectivity index (χ0n) is 29.8. The number of hydrogen-bond donors (Lipinski definition) is 0. The van der Waals surface area contributed by atoms with E-state index >= 15 is 0 Å². The number of benzene rings is 9. The largest absolute Gasteiger partial charge is 0.434 e. The first-order valence-corrected chi connectivity index (χ1v) is 18.6. The monoisotopic (exact) mass is 703 g/mol. The van der Waals surface area contributed by atoms with Crippen molar-refractivity contribution in [1.29, 1.82) is 0 Å². The van der Waals surface area contributed by atoms with Crippen molar-refractivity contribution < 1.29 is 4.42 Å². The lowest BCUT2D eigenvalue weighted by molar-refractivity contribution is 0.621. The van der Waals surface area contributed by atoms with Gasteiger partial charge >= 0.3 is 0 Å². The third-order valence-corrected chi connectivity index (χ3v) is 10.8. The first-order chi connectivity index (χ1) is 27.3. The fourth-order valence-corrected chi connectivity index (χ4v) is 8.33. The average Bonchev–Trinajstić information content (AvgIpc) is 3.85. The van der Waals surface area contributed by atoms with E-state index in [0.717, 1.165) is 66.7 Å². The summed E-state index contributed by atoms with van der Waals surface area (Å²) in [4.78, 5) is 7.47. The molecule has 0 bridgehead atoms. The maximum atomic E-state index is 6.89. The van der Waals surface area contributed by atoms with Gasteiger partial charge in [-0.1, -0.05) is 146 Å². The highest BCUT2D eigenvalue weighted by Gasteiger charge is 2.25. The van der Waals surface area contributed by atoms with Crippen LogP contribution in [0.1, 0.15) is 0 Å². The van der Waals surface area contributed by atoms with Crippen LogP contribution in [0, 0.1) is 0 Å². The van der Waals surface area contributed by atoms with Crippen LogP contribution in [0.2, 0.25) is 0 Å². The second-order valence-electron chi connectivity index (χ2n) is 13.9. The molecule has 0 atom stereocenters. The minimum Gasteiger partial charge on any atom is -0.434 e. The summed E-state index contributed by atoms with van der Waals surface area (Å²) in [6.07, 6.45) is 0. The predicted molar refractivity (Wildman–Crippen MR) is 229 cm³/mol. The van der Waals surface area contributed by atoms with Gasteiger partial charge in [0, 0.05) is 33.1 Å². The molecular formula is C51H33N3O. The summed E-state index contributed by atoms with van der Waals surface area (Å²) in [5, 5.41) is 7.04. The molecule has 0 saturated carbocycles. The molecule has 4 nitrogen and oxygen atoms in total. The van der Waals surface area contributed by atoms with E-state index in [-0.39, 0.29) is 0 Å². The van der Waals surface area contributed by atoms with Crippen molar-refractivity contribution in [3.63, 3.8) is 0 Å². The summed E-state index contributed by atoms with van der Waals surface area (Å²) < 4.78 is 9.29. The maximum absolute atomic E-state index is 6.89. The average molecular weight is 704 g/mol. The molecule has 0 fully saturated rings. The molecular weight excluding hydrogens is 671 g/mol. The van der Waals surface area contributed by atoms with E-state index in [1.165, 1.54) is 27.2 Å². The normalized spacial score (nSPS) is 11.6. The van der Waals surface area contributed by atoms with E-state index in [9.17, 15) is 0 Å². The van der Waals surface area contributed by atoms with Crippen LogP contribution >= 0.6 is 0 Å². The molecule has 0 saturated heterocycles. The second-order valence-corrected chi connectivity index (χ2v) is 13.9. The second kappa shape index (κ2) is 12.6. The van der Waals surface area contributed by atoms with Crippen LogP contribution in [0.5, 0.6) is 0 Å². The molecule has 0 aliphatic rings.